The lowest BCUT2D eigenvalue weighted by Crippen LogP contribution is -2.45. The largest absolute Gasteiger partial charge is 0.348 e. The summed E-state index contributed by atoms with van der Waals surface area (Å²) in [5.41, 5.74) is 4.69. The molecule has 1 saturated carbocycles. The van der Waals surface area contributed by atoms with Crippen LogP contribution in [0.4, 0.5) is 0 Å². The Morgan fingerprint density at radius 3 is 2.66 bits per heavy atom. The summed E-state index contributed by atoms with van der Waals surface area (Å²) in [4.78, 5) is 15.6. The highest BCUT2D eigenvalue weighted by Crippen LogP contribution is 2.30. The van der Waals surface area contributed by atoms with E-state index in [1.165, 1.54) is 12.8 Å². The third-order valence-corrected chi connectivity index (χ3v) is 6.31. The van der Waals surface area contributed by atoms with Gasteiger partial charge >= 0.3 is 0 Å². The van der Waals surface area contributed by atoms with Crippen molar-refractivity contribution in [2.24, 2.45) is 7.05 Å². The van der Waals surface area contributed by atoms with Gasteiger partial charge in [0.1, 0.15) is 5.69 Å². The minimum atomic E-state index is -0.0530. The lowest BCUT2D eigenvalue weighted by atomic mass is 9.99. The standard InChI is InChI=1S/C22H28N6O/c1-3-14-10-15(16-12-23-27(2)13-16)11-19-20(14)25-26-21(19)22(29)24-17-6-8-28(9-7-17)18-4-5-18/h10-13,17-18H,3-9H2,1-2H3,(H,24,29)(H,25,26). The summed E-state index contributed by atoms with van der Waals surface area (Å²) >= 11 is 0. The van der Waals surface area contributed by atoms with Crippen molar-refractivity contribution >= 4 is 16.8 Å². The number of aryl methyl sites for hydroxylation is 2. The van der Waals surface area contributed by atoms with Crippen LogP contribution < -0.4 is 5.32 Å². The molecule has 1 amide bonds. The first-order valence-corrected chi connectivity index (χ1v) is 10.7. The molecule has 2 aromatic heterocycles. The molecule has 7 nitrogen and oxygen atoms in total. The molecule has 2 aliphatic rings. The number of nitrogens with one attached hydrogen (secondary N) is 2. The second-order valence-electron chi connectivity index (χ2n) is 8.40. The second-order valence-corrected chi connectivity index (χ2v) is 8.40. The number of hydrogen-bond donors (Lipinski definition) is 2. The van der Waals surface area contributed by atoms with E-state index in [0.717, 1.165) is 66.0 Å². The molecule has 2 fully saturated rings. The Labute approximate surface area is 170 Å². The van der Waals surface area contributed by atoms with Crippen LogP contribution in [0.5, 0.6) is 0 Å². The lowest BCUT2D eigenvalue weighted by Gasteiger charge is -2.32. The predicted octanol–water partition coefficient (Wildman–Crippen LogP) is 2.88. The number of aromatic amines is 1. The van der Waals surface area contributed by atoms with Gasteiger partial charge in [-0.25, -0.2) is 0 Å². The van der Waals surface area contributed by atoms with Crippen LogP contribution in [0.3, 0.4) is 0 Å². The summed E-state index contributed by atoms with van der Waals surface area (Å²) in [6, 6.07) is 5.25. The number of likely N-dealkylation sites (tertiary alicyclic amines) is 1. The molecule has 5 rings (SSSR count). The summed E-state index contributed by atoms with van der Waals surface area (Å²) < 4.78 is 1.79. The number of rotatable bonds is 5. The minimum absolute atomic E-state index is 0.0530. The Balaban J connectivity index is 1.40. The highest BCUT2D eigenvalue weighted by atomic mass is 16.2. The van der Waals surface area contributed by atoms with E-state index in [0.29, 0.717) is 5.69 Å². The predicted molar refractivity (Wildman–Crippen MR) is 113 cm³/mol. The van der Waals surface area contributed by atoms with Gasteiger partial charge in [0.15, 0.2) is 0 Å². The van der Waals surface area contributed by atoms with Gasteiger partial charge < -0.3 is 10.2 Å². The summed E-state index contributed by atoms with van der Waals surface area (Å²) in [6.07, 6.45) is 9.44. The van der Waals surface area contributed by atoms with Crippen molar-refractivity contribution in [1.82, 2.24) is 30.2 Å². The molecule has 1 saturated heterocycles. The maximum atomic E-state index is 13.1. The first kappa shape index (κ1) is 18.4. The molecule has 3 aromatic rings. The topological polar surface area (TPSA) is 78.8 Å². The van der Waals surface area contributed by atoms with Crippen molar-refractivity contribution in [3.05, 3.63) is 35.8 Å². The average Bonchev–Trinajstić information content (AvgIpc) is 3.34. The number of hydrogen-bond acceptors (Lipinski definition) is 4. The molecule has 1 aromatic carbocycles. The van der Waals surface area contributed by atoms with E-state index in [1.54, 1.807) is 4.68 Å². The summed E-state index contributed by atoms with van der Waals surface area (Å²) in [5, 5.41) is 15.9. The summed E-state index contributed by atoms with van der Waals surface area (Å²) in [7, 11) is 1.91. The number of carbonyl (C=O) groups is 1. The zero-order chi connectivity index (χ0) is 20.0. The fourth-order valence-corrected chi connectivity index (χ4v) is 4.47. The molecule has 7 heteroatoms. The molecule has 3 heterocycles. The van der Waals surface area contributed by atoms with E-state index in [-0.39, 0.29) is 11.9 Å². The van der Waals surface area contributed by atoms with E-state index in [2.05, 4.69) is 44.6 Å². The number of nitrogens with zero attached hydrogens (tertiary/aromatic N) is 4. The van der Waals surface area contributed by atoms with Gasteiger partial charge in [-0.1, -0.05) is 6.92 Å². The average molecular weight is 393 g/mol. The maximum Gasteiger partial charge on any atom is 0.270 e. The van der Waals surface area contributed by atoms with E-state index in [1.807, 2.05) is 19.4 Å². The van der Waals surface area contributed by atoms with Crippen molar-refractivity contribution in [2.45, 2.75) is 51.1 Å². The van der Waals surface area contributed by atoms with Gasteiger partial charge in [-0.05, 0) is 55.4 Å². The van der Waals surface area contributed by atoms with Gasteiger partial charge in [-0.15, -0.1) is 0 Å². The smallest absolute Gasteiger partial charge is 0.270 e. The fraction of sp³-hybridized carbons (Fsp3) is 0.500. The zero-order valence-electron chi connectivity index (χ0n) is 17.1. The number of amides is 1. The third kappa shape index (κ3) is 3.55. The molecule has 0 bridgehead atoms. The Morgan fingerprint density at radius 2 is 2.00 bits per heavy atom. The van der Waals surface area contributed by atoms with Crippen molar-refractivity contribution in [3.8, 4) is 11.1 Å². The molecular formula is C22H28N6O. The number of fused-ring (bicyclic) bond motifs is 1. The number of aromatic nitrogens is 4. The second kappa shape index (κ2) is 7.30. The van der Waals surface area contributed by atoms with Crippen molar-refractivity contribution in [2.75, 3.05) is 13.1 Å². The molecule has 2 N–H and O–H groups in total. The number of carbonyl (C=O) groups excluding carboxylic acids is 1. The highest BCUT2D eigenvalue weighted by molar-refractivity contribution is 6.06. The van der Waals surface area contributed by atoms with E-state index < -0.39 is 0 Å². The van der Waals surface area contributed by atoms with E-state index in [9.17, 15) is 4.79 Å². The molecular weight excluding hydrogens is 364 g/mol. The molecule has 29 heavy (non-hydrogen) atoms. The van der Waals surface area contributed by atoms with E-state index >= 15 is 0 Å². The monoisotopic (exact) mass is 392 g/mol. The Kier molecular flexibility index (Phi) is 4.62. The SMILES string of the molecule is CCc1cc(-c2cnn(C)c2)cc2c(C(=O)NC3CCN(C4CC4)CC3)[nH]nc12. The van der Waals surface area contributed by atoms with E-state index in [4.69, 9.17) is 0 Å². The van der Waals surface area contributed by atoms with Gasteiger partial charge in [-0.3, -0.25) is 14.6 Å². The van der Waals surface area contributed by atoms with Crippen LogP contribution in [0, 0.1) is 0 Å². The van der Waals surface area contributed by atoms with Crippen molar-refractivity contribution < 1.29 is 4.79 Å². The molecule has 1 aliphatic heterocycles. The molecule has 0 atom stereocenters. The molecule has 0 radical (unpaired) electrons. The normalized spacial score (nSPS) is 18.4. The van der Waals surface area contributed by atoms with Crippen molar-refractivity contribution in [3.63, 3.8) is 0 Å². The zero-order valence-corrected chi connectivity index (χ0v) is 17.1. The van der Waals surface area contributed by atoms with Gasteiger partial charge in [0.05, 0.1) is 11.7 Å². The summed E-state index contributed by atoms with van der Waals surface area (Å²) in [5.74, 6) is -0.0530. The van der Waals surface area contributed by atoms with Crippen LogP contribution in [-0.4, -0.2) is 56.0 Å². The lowest BCUT2D eigenvalue weighted by molar-refractivity contribution is 0.0905. The summed E-state index contributed by atoms with van der Waals surface area (Å²) in [6.45, 7) is 4.29. The highest BCUT2D eigenvalue weighted by Gasteiger charge is 2.32. The molecule has 152 valence electrons. The Hall–Kier alpha value is -2.67. The number of piperidine rings is 1. The molecule has 0 unspecified atom stereocenters. The molecule has 0 spiro atoms. The Bertz CT molecular complexity index is 1040. The minimum Gasteiger partial charge on any atom is -0.348 e. The first-order chi connectivity index (χ1) is 14.1. The van der Waals surface area contributed by atoms with Gasteiger partial charge in [0.25, 0.3) is 5.91 Å². The quantitative estimate of drug-likeness (QED) is 0.700. The van der Waals surface area contributed by atoms with Crippen LogP contribution in [0.2, 0.25) is 0 Å². The molecule has 1 aliphatic carbocycles. The van der Waals surface area contributed by atoms with Crippen LogP contribution in [0.15, 0.2) is 24.5 Å². The maximum absolute atomic E-state index is 13.1. The van der Waals surface area contributed by atoms with Crippen LogP contribution in [0.25, 0.3) is 22.0 Å². The van der Waals surface area contributed by atoms with Crippen molar-refractivity contribution in [1.29, 1.82) is 0 Å². The first-order valence-electron chi connectivity index (χ1n) is 10.7. The van der Waals surface area contributed by atoms with Crippen LogP contribution in [0.1, 0.15) is 48.7 Å². The number of benzene rings is 1. The number of H-pyrrole nitrogens is 1. The third-order valence-electron chi connectivity index (χ3n) is 6.31. The van der Waals surface area contributed by atoms with Crippen LogP contribution in [-0.2, 0) is 13.5 Å². The van der Waals surface area contributed by atoms with Gasteiger partial charge in [-0.2, -0.15) is 10.2 Å². The van der Waals surface area contributed by atoms with Crippen LogP contribution >= 0.6 is 0 Å². The fourth-order valence-electron chi connectivity index (χ4n) is 4.47. The van der Waals surface area contributed by atoms with Gasteiger partial charge in [0, 0.05) is 49.4 Å². The van der Waals surface area contributed by atoms with Gasteiger partial charge in [0.2, 0.25) is 0 Å². The Morgan fingerprint density at radius 1 is 1.21 bits per heavy atom.